The Morgan fingerprint density at radius 2 is 2.21 bits per heavy atom. The Labute approximate surface area is 119 Å². The van der Waals surface area contributed by atoms with Gasteiger partial charge in [0.25, 0.3) is 0 Å². The van der Waals surface area contributed by atoms with Crippen LogP contribution in [-0.4, -0.2) is 60.1 Å². The van der Waals surface area contributed by atoms with Gasteiger partial charge in [-0.3, -0.25) is 9.80 Å². The zero-order chi connectivity index (χ0) is 13.1. The molecule has 4 nitrogen and oxygen atoms in total. The van der Waals surface area contributed by atoms with Gasteiger partial charge in [-0.05, 0) is 19.4 Å². The van der Waals surface area contributed by atoms with Gasteiger partial charge < -0.3 is 5.32 Å². The van der Waals surface area contributed by atoms with Gasteiger partial charge in [-0.25, -0.2) is 4.98 Å². The quantitative estimate of drug-likeness (QED) is 0.897. The summed E-state index contributed by atoms with van der Waals surface area (Å²) in [5, 5.41) is 6.96. The van der Waals surface area contributed by atoms with Crippen molar-refractivity contribution in [3.8, 4) is 0 Å². The maximum atomic E-state index is 4.67. The van der Waals surface area contributed by atoms with Crippen molar-refractivity contribution >= 4 is 11.3 Å². The first-order valence-electron chi connectivity index (χ1n) is 7.45. The Balaban J connectivity index is 1.47. The maximum absolute atomic E-state index is 4.67. The number of piperazine rings is 1. The minimum Gasteiger partial charge on any atom is -0.315 e. The minimum absolute atomic E-state index is 0.785. The number of nitrogens with one attached hydrogen (secondary N) is 1. The molecule has 0 aromatic carbocycles. The van der Waals surface area contributed by atoms with Crippen molar-refractivity contribution in [1.82, 2.24) is 20.1 Å². The molecular weight excluding hydrogens is 256 g/mol. The van der Waals surface area contributed by atoms with Crippen molar-refractivity contribution in [2.75, 3.05) is 39.3 Å². The predicted molar refractivity (Wildman–Crippen MR) is 79.6 cm³/mol. The van der Waals surface area contributed by atoms with Gasteiger partial charge in [0.1, 0.15) is 0 Å². The average Bonchev–Trinajstić information content (AvgIpc) is 3.10. The zero-order valence-electron chi connectivity index (χ0n) is 11.8. The van der Waals surface area contributed by atoms with Crippen LogP contribution in [0.2, 0.25) is 0 Å². The molecule has 0 amide bonds. The van der Waals surface area contributed by atoms with Gasteiger partial charge in [-0.2, -0.15) is 0 Å². The molecule has 2 aliphatic rings. The first-order chi connectivity index (χ1) is 9.35. The van der Waals surface area contributed by atoms with E-state index < -0.39 is 0 Å². The molecule has 19 heavy (non-hydrogen) atoms. The second-order valence-electron chi connectivity index (χ2n) is 5.54. The van der Waals surface area contributed by atoms with E-state index in [1.165, 1.54) is 56.4 Å². The Hall–Kier alpha value is -0.490. The van der Waals surface area contributed by atoms with Crippen LogP contribution < -0.4 is 5.32 Å². The summed E-state index contributed by atoms with van der Waals surface area (Å²) >= 11 is 1.80. The van der Waals surface area contributed by atoms with E-state index in [9.17, 15) is 0 Å². The molecule has 1 atom stereocenters. The number of aromatic nitrogens is 1. The van der Waals surface area contributed by atoms with Crippen molar-refractivity contribution < 1.29 is 0 Å². The van der Waals surface area contributed by atoms with Gasteiger partial charge in [0.15, 0.2) is 0 Å². The van der Waals surface area contributed by atoms with E-state index in [0.29, 0.717) is 0 Å². The first kappa shape index (κ1) is 13.5. The van der Waals surface area contributed by atoms with Crippen LogP contribution in [0.15, 0.2) is 5.38 Å². The largest absolute Gasteiger partial charge is 0.315 e. The van der Waals surface area contributed by atoms with Crippen LogP contribution in [0.4, 0.5) is 0 Å². The van der Waals surface area contributed by atoms with Crippen molar-refractivity contribution in [1.29, 1.82) is 0 Å². The summed E-state index contributed by atoms with van der Waals surface area (Å²) in [7, 11) is 0. The number of hydrogen-bond donors (Lipinski definition) is 1. The summed E-state index contributed by atoms with van der Waals surface area (Å²) in [4.78, 5) is 9.88. The summed E-state index contributed by atoms with van der Waals surface area (Å²) in [5.74, 6) is 0. The molecule has 2 fully saturated rings. The van der Waals surface area contributed by atoms with Gasteiger partial charge >= 0.3 is 0 Å². The van der Waals surface area contributed by atoms with Crippen molar-refractivity contribution in [3.05, 3.63) is 16.1 Å². The molecule has 3 rings (SSSR count). The van der Waals surface area contributed by atoms with Crippen molar-refractivity contribution in [2.24, 2.45) is 0 Å². The van der Waals surface area contributed by atoms with Gasteiger partial charge in [0, 0.05) is 50.7 Å². The van der Waals surface area contributed by atoms with Crippen LogP contribution in [-0.2, 0) is 13.0 Å². The fourth-order valence-electron chi connectivity index (χ4n) is 3.05. The summed E-state index contributed by atoms with van der Waals surface area (Å²) < 4.78 is 0. The third-order valence-corrected chi connectivity index (χ3v) is 5.29. The Morgan fingerprint density at radius 3 is 2.84 bits per heavy atom. The molecule has 0 saturated carbocycles. The molecule has 1 aromatic rings. The summed E-state index contributed by atoms with van der Waals surface area (Å²) in [5.41, 5.74) is 1.26. The highest BCUT2D eigenvalue weighted by Crippen LogP contribution is 2.15. The van der Waals surface area contributed by atoms with Crippen LogP contribution in [0.3, 0.4) is 0 Å². The van der Waals surface area contributed by atoms with E-state index in [-0.39, 0.29) is 0 Å². The molecule has 5 heteroatoms. The molecular formula is C14H24N4S. The highest BCUT2D eigenvalue weighted by molar-refractivity contribution is 7.09. The molecule has 3 heterocycles. The normalized spacial score (nSPS) is 26.1. The molecule has 2 aliphatic heterocycles. The molecule has 1 unspecified atom stereocenters. The van der Waals surface area contributed by atoms with Crippen LogP contribution in [0.5, 0.6) is 0 Å². The maximum Gasteiger partial charge on any atom is 0.0926 e. The van der Waals surface area contributed by atoms with Gasteiger partial charge in [-0.1, -0.05) is 6.92 Å². The number of nitrogens with zero attached hydrogens (tertiary/aromatic N) is 3. The van der Waals surface area contributed by atoms with E-state index in [1.807, 2.05) is 0 Å². The van der Waals surface area contributed by atoms with E-state index in [0.717, 1.165) is 19.0 Å². The number of thiazole rings is 1. The minimum atomic E-state index is 0.785. The van der Waals surface area contributed by atoms with E-state index in [2.05, 4.69) is 32.4 Å². The van der Waals surface area contributed by atoms with Crippen molar-refractivity contribution in [3.63, 3.8) is 0 Å². The Bertz CT molecular complexity index is 392. The summed E-state index contributed by atoms with van der Waals surface area (Å²) in [6.45, 7) is 10.4. The molecule has 1 N–H and O–H groups in total. The second kappa shape index (κ2) is 6.31. The van der Waals surface area contributed by atoms with Gasteiger partial charge in [0.05, 0.1) is 10.7 Å². The molecule has 0 radical (unpaired) electrons. The molecule has 106 valence electrons. The predicted octanol–water partition coefficient (Wildman–Crippen LogP) is 1.18. The highest BCUT2D eigenvalue weighted by atomic mass is 32.1. The topological polar surface area (TPSA) is 31.4 Å². The molecule has 0 aliphatic carbocycles. The lowest BCUT2D eigenvalue weighted by Crippen LogP contribution is -2.50. The molecule has 0 bridgehead atoms. The Morgan fingerprint density at radius 1 is 1.37 bits per heavy atom. The smallest absolute Gasteiger partial charge is 0.0926 e. The van der Waals surface area contributed by atoms with Crippen LogP contribution in [0.25, 0.3) is 0 Å². The number of hydrogen-bond acceptors (Lipinski definition) is 5. The highest BCUT2D eigenvalue weighted by Gasteiger charge is 2.26. The van der Waals surface area contributed by atoms with Crippen LogP contribution >= 0.6 is 11.3 Å². The standard InChI is InChI=1S/C14H24N4S/c1-2-14-16-12(11-19-14)10-17-5-7-18(8-6-17)13-3-4-15-9-13/h11,13,15H,2-10H2,1H3. The van der Waals surface area contributed by atoms with E-state index >= 15 is 0 Å². The average molecular weight is 280 g/mol. The van der Waals surface area contributed by atoms with Crippen molar-refractivity contribution in [2.45, 2.75) is 32.4 Å². The molecule has 2 saturated heterocycles. The summed E-state index contributed by atoms with van der Waals surface area (Å²) in [6, 6.07) is 0.785. The van der Waals surface area contributed by atoms with Gasteiger partial charge in [0.2, 0.25) is 0 Å². The lowest BCUT2D eigenvalue weighted by molar-refractivity contribution is 0.0974. The molecule has 1 aromatic heterocycles. The van der Waals surface area contributed by atoms with E-state index in [1.54, 1.807) is 11.3 Å². The lowest BCUT2D eigenvalue weighted by Gasteiger charge is -2.37. The third-order valence-electron chi connectivity index (χ3n) is 4.24. The second-order valence-corrected chi connectivity index (χ2v) is 6.49. The monoisotopic (exact) mass is 280 g/mol. The number of rotatable bonds is 4. The third kappa shape index (κ3) is 3.34. The van der Waals surface area contributed by atoms with Crippen LogP contribution in [0.1, 0.15) is 24.0 Å². The van der Waals surface area contributed by atoms with Crippen LogP contribution in [0, 0.1) is 0 Å². The SMILES string of the molecule is CCc1nc(CN2CCN(C3CCNC3)CC2)cs1. The first-order valence-corrected chi connectivity index (χ1v) is 8.33. The van der Waals surface area contributed by atoms with E-state index in [4.69, 9.17) is 0 Å². The zero-order valence-corrected chi connectivity index (χ0v) is 12.6. The fourth-order valence-corrected chi connectivity index (χ4v) is 3.79. The Kier molecular flexibility index (Phi) is 4.48. The fraction of sp³-hybridized carbons (Fsp3) is 0.786. The lowest BCUT2D eigenvalue weighted by atomic mass is 10.2. The van der Waals surface area contributed by atoms with Gasteiger partial charge in [-0.15, -0.1) is 11.3 Å². The molecule has 0 spiro atoms. The number of aryl methyl sites for hydroxylation is 1. The summed E-state index contributed by atoms with van der Waals surface area (Å²) in [6.07, 6.45) is 2.39.